The predicted octanol–water partition coefficient (Wildman–Crippen LogP) is 2.95. The fraction of sp³-hybridized carbons (Fsp3) is 0.550. The van der Waals surface area contributed by atoms with E-state index in [1.165, 1.54) is 13.3 Å². The van der Waals surface area contributed by atoms with Crippen LogP contribution in [-0.2, 0) is 9.59 Å². The highest BCUT2D eigenvalue weighted by atomic mass is 16.2. The van der Waals surface area contributed by atoms with Crippen LogP contribution in [0, 0.1) is 0 Å². The Balaban J connectivity index is 1.82. The molecule has 142 valence electrons. The van der Waals surface area contributed by atoms with Crippen molar-refractivity contribution in [3.63, 3.8) is 0 Å². The molecule has 0 atom stereocenters. The first-order valence-electron chi connectivity index (χ1n) is 9.50. The lowest BCUT2D eigenvalue weighted by molar-refractivity contribution is -0.119. The molecule has 1 aliphatic heterocycles. The fourth-order valence-electron chi connectivity index (χ4n) is 3.11. The van der Waals surface area contributed by atoms with E-state index in [1.54, 1.807) is 12.1 Å². The van der Waals surface area contributed by atoms with Crippen molar-refractivity contribution in [2.45, 2.75) is 51.9 Å². The Bertz CT molecular complexity index is 624. The topological polar surface area (TPSA) is 78.5 Å². The van der Waals surface area contributed by atoms with Gasteiger partial charge < -0.3 is 15.5 Å². The van der Waals surface area contributed by atoms with Gasteiger partial charge in [-0.25, -0.2) is 0 Å². The van der Waals surface area contributed by atoms with Gasteiger partial charge >= 0.3 is 0 Å². The monoisotopic (exact) mass is 359 g/mol. The number of para-hydroxylation sites is 1. The lowest BCUT2D eigenvalue weighted by Crippen LogP contribution is -2.36. The molecule has 1 aromatic carbocycles. The van der Waals surface area contributed by atoms with E-state index >= 15 is 0 Å². The third kappa shape index (κ3) is 6.50. The molecular weight excluding hydrogens is 330 g/mol. The summed E-state index contributed by atoms with van der Waals surface area (Å²) in [6.45, 7) is 3.71. The van der Waals surface area contributed by atoms with Gasteiger partial charge in [-0.2, -0.15) is 0 Å². The van der Waals surface area contributed by atoms with Gasteiger partial charge in [0.15, 0.2) is 0 Å². The molecule has 0 saturated carbocycles. The zero-order valence-electron chi connectivity index (χ0n) is 15.6. The van der Waals surface area contributed by atoms with E-state index in [-0.39, 0.29) is 17.7 Å². The molecule has 1 heterocycles. The zero-order valence-corrected chi connectivity index (χ0v) is 15.6. The number of nitrogens with one attached hydrogen (secondary N) is 2. The van der Waals surface area contributed by atoms with E-state index in [9.17, 15) is 14.4 Å². The van der Waals surface area contributed by atoms with Gasteiger partial charge in [-0.15, -0.1) is 0 Å². The van der Waals surface area contributed by atoms with Gasteiger partial charge in [0.1, 0.15) is 0 Å². The molecule has 6 nitrogen and oxygen atoms in total. The van der Waals surface area contributed by atoms with Gasteiger partial charge in [0.25, 0.3) is 5.91 Å². The smallest absolute Gasteiger partial charge is 0.255 e. The van der Waals surface area contributed by atoms with E-state index in [0.29, 0.717) is 24.2 Å². The quantitative estimate of drug-likeness (QED) is 0.701. The van der Waals surface area contributed by atoms with Crippen LogP contribution >= 0.6 is 0 Å². The average Bonchev–Trinajstić information content (AvgIpc) is 2.65. The first-order chi connectivity index (χ1) is 12.6. The Labute approximate surface area is 155 Å². The molecule has 0 radical (unpaired) electrons. The second-order valence-corrected chi connectivity index (χ2v) is 6.74. The molecule has 1 aromatic rings. The average molecular weight is 359 g/mol. The summed E-state index contributed by atoms with van der Waals surface area (Å²) in [6.07, 6.45) is 6.15. The van der Waals surface area contributed by atoms with Crippen molar-refractivity contribution in [2.24, 2.45) is 0 Å². The molecule has 1 fully saturated rings. The van der Waals surface area contributed by atoms with Crippen molar-refractivity contribution >= 4 is 23.4 Å². The van der Waals surface area contributed by atoms with Gasteiger partial charge in [-0.1, -0.05) is 18.6 Å². The van der Waals surface area contributed by atoms with Crippen molar-refractivity contribution in [3.05, 3.63) is 29.8 Å². The highest BCUT2D eigenvalue weighted by molar-refractivity contribution is 6.03. The summed E-state index contributed by atoms with van der Waals surface area (Å²) in [5.41, 5.74) is 1.15. The highest BCUT2D eigenvalue weighted by Crippen LogP contribution is 2.20. The number of hydrogen-bond acceptors (Lipinski definition) is 3. The minimum Gasteiger partial charge on any atom is -0.356 e. The number of likely N-dealkylation sites (tertiary alicyclic amines) is 1. The van der Waals surface area contributed by atoms with Crippen LogP contribution in [0.15, 0.2) is 24.3 Å². The van der Waals surface area contributed by atoms with E-state index < -0.39 is 0 Å². The molecule has 2 rings (SSSR count). The Kier molecular flexibility index (Phi) is 8.12. The molecule has 0 bridgehead atoms. The number of carbonyl (C=O) groups excluding carboxylic acids is 3. The van der Waals surface area contributed by atoms with Crippen molar-refractivity contribution in [2.75, 3.05) is 25.0 Å². The number of piperidine rings is 1. The number of benzene rings is 1. The summed E-state index contributed by atoms with van der Waals surface area (Å²) in [5.74, 6) is -0.114. The van der Waals surface area contributed by atoms with Crippen LogP contribution in [0.5, 0.6) is 0 Å². The van der Waals surface area contributed by atoms with Crippen molar-refractivity contribution < 1.29 is 14.4 Å². The van der Waals surface area contributed by atoms with Crippen LogP contribution in [0.25, 0.3) is 0 Å². The number of nitrogens with zero attached hydrogens (tertiary/aromatic N) is 1. The minimum absolute atomic E-state index is 0.00379. The van der Waals surface area contributed by atoms with Crippen LogP contribution in [0.2, 0.25) is 0 Å². The van der Waals surface area contributed by atoms with E-state index in [4.69, 9.17) is 0 Å². The Morgan fingerprint density at radius 1 is 1.00 bits per heavy atom. The van der Waals surface area contributed by atoms with E-state index in [1.807, 2.05) is 17.0 Å². The summed E-state index contributed by atoms with van der Waals surface area (Å²) in [5, 5.41) is 5.63. The van der Waals surface area contributed by atoms with Crippen molar-refractivity contribution in [1.29, 1.82) is 0 Å². The van der Waals surface area contributed by atoms with Gasteiger partial charge in [0.2, 0.25) is 11.8 Å². The van der Waals surface area contributed by atoms with Gasteiger partial charge in [-0.3, -0.25) is 14.4 Å². The van der Waals surface area contributed by atoms with Gasteiger partial charge in [-0.05, 0) is 44.2 Å². The fourth-order valence-corrected chi connectivity index (χ4v) is 3.11. The largest absolute Gasteiger partial charge is 0.356 e. The number of rotatable bonds is 8. The summed E-state index contributed by atoms with van der Waals surface area (Å²) in [6, 6.07) is 7.22. The number of amides is 3. The third-order valence-electron chi connectivity index (χ3n) is 4.53. The first kappa shape index (κ1) is 19.9. The van der Waals surface area contributed by atoms with E-state index in [0.717, 1.165) is 45.2 Å². The number of anilines is 1. The molecule has 0 aliphatic carbocycles. The van der Waals surface area contributed by atoms with Crippen LogP contribution < -0.4 is 10.6 Å². The molecule has 0 unspecified atom stereocenters. The zero-order chi connectivity index (χ0) is 18.8. The molecule has 0 spiro atoms. The van der Waals surface area contributed by atoms with Crippen LogP contribution in [-0.4, -0.2) is 42.3 Å². The maximum Gasteiger partial charge on any atom is 0.255 e. The maximum atomic E-state index is 12.7. The summed E-state index contributed by atoms with van der Waals surface area (Å²) in [4.78, 5) is 37.6. The van der Waals surface area contributed by atoms with Crippen LogP contribution in [0.1, 0.15) is 62.2 Å². The first-order valence-corrected chi connectivity index (χ1v) is 9.50. The van der Waals surface area contributed by atoms with Crippen molar-refractivity contribution in [1.82, 2.24) is 10.2 Å². The van der Waals surface area contributed by atoms with Gasteiger partial charge in [0, 0.05) is 33.0 Å². The number of hydrogen-bond donors (Lipinski definition) is 2. The SMILES string of the molecule is CC(=O)NCCCCCC(=O)Nc1ccccc1C(=O)N1CCCCC1. The lowest BCUT2D eigenvalue weighted by Gasteiger charge is -2.27. The number of unbranched alkanes of at least 4 members (excludes halogenated alkanes) is 2. The molecule has 6 heteroatoms. The lowest BCUT2D eigenvalue weighted by atomic mass is 10.1. The summed E-state index contributed by atoms with van der Waals surface area (Å²) >= 11 is 0. The van der Waals surface area contributed by atoms with Crippen LogP contribution in [0.4, 0.5) is 5.69 Å². The van der Waals surface area contributed by atoms with E-state index in [2.05, 4.69) is 10.6 Å². The second-order valence-electron chi connectivity index (χ2n) is 6.74. The third-order valence-corrected chi connectivity index (χ3v) is 4.53. The maximum absolute atomic E-state index is 12.7. The number of carbonyl (C=O) groups is 3. The normalized spacial score (nSPS) is 14.0. The van der Waals surface area contributed by atoms with Crippen LogP contribution in [0.3, 0.4) is 0 Å². The predicted molar refractivity (Wildman–Crippen MR) is 102 cm³/mol. The molecule has 26 heavy (non-hydrogen) atoms. The minimum atomic E-state index is -0.0802. The Morgan fingerprint density at radius 3 is 2.46 bits per heavy atom. The summed E-state index contributed by atoms with van der Waals surface area (Å²) in [7, 11) is 0. The Hall–Kier alpha value is -2.37. The molecule has 1 saturated heterocycles. The molecule has 1 aliphatic rings. The van der Waals surface area contributed by atoms with Crippen molar-refractivity contribution in [3.8, 4) is 0 Å². The highest BCUT2D eigenvalue weighted by Gasteiger charge is 2.21. The second kappa shape index (κ2) is 10.6. The molecule has 3 amide bonds. The molecule has 0 aromatic heterocycles. The standard InChI is InChI=1S/C20H29N3O3/c1-16(24)21-13-7-2-4-12-19(25)22-18-11-6-5-10-17(18)20(26)23-14-8-3-9-15-23/h5-6,10-11H,2-4,7-9,12-15H2,1H3,(H,21,24)(H,22,25). The molecular formula is C20H29N3O3. The summed E-state index contributed by atoms with van der Waals surface area (Å²) < 4.78 is 0. The molecule has 2 N–H and O–H groups in total. The Morgan fingerprint density at radius 2 is 1.73 bits per heavy atom. The van der Waals surface area contributed by atoms with Gasteiger partial charge in [0.05, 0.1) is 11.3 Å².